The number of carbonyl (C=O) groups excluding carboxylic acids is 2. The molecule has 0 spiro atoms. The Labute approximate surface area is 122 Å². The van der Waals surface area contributed by atoms with Gasteiger partial charge in [0, 0.05) is 16.8 Å². The largest absolute Gasteiger partial charge is 0.325 e. The van der Waals surface area contributed by atoms with Crippen LogP contribution in [0.15, 0.2) is 54.6 Å². The van der Waals surface area contributed by atoms with E-state index in [0.29, 0.717) is 16.8 Å². The van der Waals surface area contributed by atoms with Crippen molar-refractivity contribution in [3.05, 3.63) is 65.7 Å². The van der Waals surface area contributed by atoms with Crippen LogP contribution in [0.25, 0.3) is 0 Å². The molecule has 0 saturated heterocycles. The van der Waals surface area contributed by atoms with E-state index in [0.717, 1.165) is 0 Å². The fraction of sp³-hybridized carbons (Fsp3) is 0.125. The van der Waals surface area contributed by atoms with Gasteiger partial charge in [-0.05, 0) is 19.1 Å². The normalized spacial score (nSPS) is 11.7. The van der Waals surface area contributed by atoms with Gasteiger partial charge in [-0.25, -0.2) is 0 Å². The van der Waals surface area contributed by atoms with Crippen molar-refractivity contribution in [1.82, 2.24) is 0 Å². The molecule has 0 aromatic heterocycles. The Kier molecular flexibility index (Phi) is 4.53. The van der Waals surface area contributed by atoms with E-state index in [9.17, 15) is 9.59 Å². The lowest BCUT2D eigenvalue weighted by Crippen LogP contribution is -2.20. The van der Waals surface area contributed by atoms with Crippen LogP contribution in [0.4, 0.5) is 5.69 Å². The van der Waals surface area contributed by atoms with Crippen molar-refractivity contribution < 1.29 is 9.59 Å². The number of hydrogen-bond donors (Lipinski definition) is 1. The summed E-state index contributed by atoms with van der Waals surface area (Å²) < 4.78 is 0. The average Bonchev–Trinajstić information content (AvgIpc) is 2.47. The second kappa shape index (κ2) is 6.35. The lowest BCUT2D eigenvalue weighted by Gasteiger charge is -2.08. The van der Waals surface area contributed by atoms with Crippen LogP contribution in [0, 0.1) is 0 Å². The Morgan fingerprint density at radius 2 is 1.65 bits per heavy atom. The van der Waals surface area contributed by atoms with Gasteiger partial charge in [0.25, 0.3) is 0 Å². The Hall–Kier alpha value is -2.13. The van der Waals surface area contributed by atoms with Crippen molar-refractivity contribution in [2.45, 2.75) is 12.3 Å². The van der Waals surface area contributed by atoms with Gasteiger partial charge >= 0.3 is 0 Å². The Morgan fingerprint density at radius 1 is 1.00 bits per heavy atom. The standard InChI is InChI=1S/C16H14ClNO2/c1-11(17)16(20)18-14-9-5-8-13(10-14)15(19)12-6-3-2-4-7-12/h2-11H,1H3,(H,18,20)/t11-/m1/s1. The van der Waals surface area contributed by atoms with Gasteiger partial charge in [0.05, 0.1) is 0 Å². The highest BCUT2D eigenvalue weighted by Gasteiger charge is 2.12. The first-order valence-corrected chi connectivity index (χ1v) is 6.66. The van der Waals surface area contributed by atoms with Crippen LogP contribution in [0.2, 0.25) is 0 Å². The highest BCUT2D eigenvalue weighted by molar-refractivity contribution is 6.32. The molecule has 20 heavy (non-hydrogen) atoms. The van der Waals surface area contributed by atoms with Gasteiger partial charge in [0.1, 0.15) is 5.38 Å². The van der Waals surface area contributed by atoms with Gasteiger partial charge < -0.3 is 5.32 Å². The molecule has 0 unspecified atom stereocenters. The van der Waals surface area contributed by atoms with Crippen LogP contribution in [-0.2, 0) is 4.79 Å². The highest BCUT2D eigenvalue weighted by Crippen LogP contribution is 2.15. The van der Waals surface area contributed by atoms with Crippen molar-refractivity contribution in [2.75, 3.05) is 5.32 Å². The molecule has 0 fully saturated rings. The molecular formula is C16H14ClNO2. The third-order valence-electron chi connectivity index (χ3n) is 2.79. The summed E-state index contributed by atoms with van der Waals surface area (Å²) in [6, 6.07) is 15.8. The Bertz CT molecular complexity index is 623. The lowest BCUT2D eigenvalue weighted by atomic mass is 10.0. The van der Waals surface area contributed by atoms with E-state index in [2.05, 4.69) is 5.32 Å². The molecule has 0 bridgehead atoms. The number of hydrogen-bond acceptors (Lipinski definition) is 2. The SMILES string of the molecule is C[C@@H](Cl)C(=O)Nc1cccc(C(=O)c2ccccc2)c1. The van der Waals surface area contributed by atoms with Crippen LogP contribution in [-0.4, -0.2) is 17.1 Å². The average molecular weight is 288 g/mol. The molecule has 2 aromatic rings. The third kappa shape index (κ3) is 3.45. The molecule has 1 atom stereocenters. The first-order valence-electron chi connectivity index (χ1n) is 6.22. The second-order valence-corrected chi connectivity index (χ2v) is 5.04. The molecule has 2 aromatic carbocycles. The maximum atomic E-state index is 12.3. The number of alkyl halides is 1. The summed E-state index contributed by atoms with van der Waals surface area (Å²) in [5.74, 6) is -0.378. The molecule has 0 aliphatic rings. The highest BCUT2D eigenvalue weighted by atomic mass is 35.5. The summed E-state index contributed by atoms with van der Waals surface area (Å²) >= 11 is 5.70. The van der Waals surface area contributed by atoms with Crippen molar-refractivity contribution in [2.24, 2.45) is 0 Å². The molecule has 0 saturated carbocycles. The molecule has 2 rings (SSSR count). The summed E-state index contributed by atoms with van der Waals surface area (Å²) in [6.07, 6.45) is 0. The molecule has 0 heterocycles. The minimum atomic E-state index is -0.622. The molecule has 1 amide bonds. The van der Waals surface area contributed by atoms with Crippen molar-refractivity contribution >= 4 is 29.0 Å². The molecule has 0 aliphatic heterocycles. The number of nitrogens with one attached hydrogen (secondary N) is 1. The predicted molar refractivity (Wildman–Crippen MR) is 80.3 cm³/mol. The van der Waals surface area contributed by atoms with Gasteiger partial charge in [0.2, 0.25) is 5.91 Å². The topological polar surface area (TPSA) is 46.2 Å². The number of rotatable bonds is 4. The quantitative estimate of drug-likeness (QED) is 0.691. The molecule has 1 N–H and O–H groups in total. The van der Waals surface area contributed by atoms with Crippen LogP contribution in [0.5, 0.6) is 0 Å². The Morgan fingerprint density at radius 3 is 2.30 bits per heavy atom. The first kappa shape index (κ1) is 14.3. The van der Waals surface area contributed by atoms with E-state index in [4.69, 9.17) is 11.6 Å². The van der Waals surface area contributed by atoms with Gasteiger partial charge in [-0.2, -0.15) is 0 Å². The fourth-order valence-corrected chi connectivity index (χ4v) is 1.79. The summed E-state index contributed by atoms with van der Waals surface area (Å²) in [5, 5.41) is 2.04. The van der Waals surface area contributed by atoms with Crippen molar-refractivity contribution in [1.29, 1.82) is 0 Å². The third-order valence-corrected chi connectivity index (χ3v) is 2.99. The van der Waals surface area contributed by atoms with Crippen LogP contribution in [0.1, 0.15) is 22.8 Å². The van der Waals surface area contributed by atoms with Gasteiger partial charge in [-0.3, -0.25) is 9.59 Å². The van der Waals surface area contributed by atoms with Crippen LogP contribution in [0.3, 0.4) is 0 Å². The summed E-state index contributed by atoms with van der Waals surface area (Å²) in [7, 11) is 0. The molecule has 3 nitrogen and oxygen atoms in total. The van der Waals surface area contributed by atoms with E-state index >= 15 is 0 Å². The van der Waals surface area contributed by atoms with E-state index in [-0.39, 0.29) is 11.7 Å². The smallest absolute Gasteiger partial charge is 0.242 e. The first-order chi connectivity index (χ1) is 9.58. The zero-order chi connectivity index (χ0) is 14.5. The Balaban J connectivity index is 2.22. The van der Waals surface area contributed by atoms with Gasteiger partial charge in [-0.1, -0.05) is 42.5 Å². The molecule has 102 valence electrons. The number of ketones is 1. The maximum absolute atomic E-state index is 12.3. The number of carbonyl (C=O) groups is 2. The molecular weight excluding hydrogens is 274 g/mol. The number of benzene rings is 2. The van der Waals surface area contributed by atoms with Gasteiger partial charge in [-0.15, -0.1) is 11.6 Å². The number of halogens is 1. The van der Waals surface area contributed by atoms with Crippen molar-refractivity contribution in [3.8, 4) is 0 Å². The number of amides is 1. The van der Waals surface area contributed by atoms with E-state index < -0.39 is 5.38 Å². The van der Waals surface area contributed by atoms with E-state index in [1.165, 1.54) is 0 Å². The van der Waals surface area contributed by atoms with Crippen LogP contribution >= 0.6 is 11.6 Å². The molecule has 0 radical (unpaired) electrons. The predicted octanol–water partition coefficient (Wildman–Crippen LogP) is 3.48. The van der Waals surface area contributed by atoms with Crippen molar-refractivity contribution in [3.63, 3.8) is 0 Å². The van der Waals surface area contributed by atoms with E-state index in [1.807, 2.05) is 18.2 Å². The molecule has 0 aliphatic carbocycles. The zero-order valence-corrected chi connectivity index (χ0v) is 11.7. The monoisotopic (exact) mass is 287 g/mol. The number of anilines is 1. The zero-order valence-electron chi connectivity index (χ0n) is 11.0. The molecule has 4 heteroatoms. The minimum Gasteiger partial charge on any atom is -0.325 e. The van der Waals surface area contributed by atoms with Crippen LogP contribution < -0.4 is 5.32 Å². The van der Waals surface area contributed by atoms with Gasteiger partial charge in [0.15, 0.2) is 5.78 Å². The fourth-order valence-electron chi connectivity index (χ4n) is 1.74. The maximum Gasteiger partial charge on any atom is 0.242 e. The minimum absolute atomic E-state index is 0.0828. The lowest BCUT2D eigenvalue weighted by molar-refractivity contribution is -0.115. The summed E-state index contributed by atoms with van der Waals surface area (Å²) in [5.41, 5.74) is 1.70. The summed E-state index contributed by atoms with van der Waals surface area (Å²) in [6.45, 7) is 1.59. The second-order valence-electron chi connectivity index (χ2n) is 4.38. The van der Waals surface area contributed by atoms with E-state index in [1.54, 1.807) is 43.3 Å². The summed E-state index contributed by atoms with van der Waals surface area (Å²) in [4.78, 5) is 23.8.